The molecule has 0 N–H and O–H groups in total. The van der Waals surface area contributed by atoms with E-state index < -0.39 is 0 Å². The molecule has 0 bridgehead atoms. The van der Waals surface area contributed by atoms with Crippen molar-refractivity contribution in [2.24, 2.45) is 0 Å². The van der Waals surface area contributed by atoms with Crippen LogP contribution in [-0.4, -0.2) is 0 Å². The molecule has 230 valence electrons. The molecule has 0 saturated carbocycles. The summed E-state index contributed by atoms with van der Waals surface area (Å²) in [5, 5.41) is 7.29. The lowest BCUT2D eigenvalue weighted by atomic mass is 10.00. The minimum absolute atomic E-state index is 0.872. The van der Waals surface area contributed by atoms with Crippen LogP contribution in [0.5, 0.6) is 0 Å². The van der Waals surface area contributed by atoms with Gasteiger partial charge in [0.2, 0.25) is 0 Å². The van der Waals surface area contributed by atoms with Crippen molar-refractivity contribution >= 4 is 81.3 Å². The Morgan fingerprint density at radius 3 is 2.04 bits per heavy atom. The summed E-state index contributed by atoms with van der Waals surface area (Å²) in [5.74, 6) is 0. The predicted octanol–water partition coefficient (Wildman–Crippen LogP) is 13.9. The minimum atomic E-state index is 0.872. The number of anilines is 3. The first kappa shape index (κ1) is 27.9. The average molecular weight is 644 g/mol. The summed E-state index contributed by atoms with van der Waals surface area (Å²) >= 11 is 1.85. The number of benzene rings is 8. The minimum Gasteiger partial charge on any atom is -0.455 e. The lowest BCUT2D eigenvalue weighted by Crippen LogP contribution is -2.10. The Balaban J connectivity index is 1.18. The van der Waals surface area contributed by atoms with Crippen LogP contribution in [0.4, 0.5) is 17.1 Å². The van der Waals surface area contributed by atoms with E-state index in [9.17, 15) is 0 Å². The van der Waals surface area contributed by atoms with Crippen molar-refractivity contribution in [1.82, 2.24) is 0 Å². The molecule has 10 rings (SSSR count). The highest BCUT2D eigenvalue weighted by Crippen LogP contribution is 2.46. The maximum atomic E-state index is 6.70. The van der Waals surface area contributed by atoms with Gasteiger partial charge in [-0.2, -0.15) is 0 Å². The molecule has 0 radical (unpaired) electrons. The van der Waals surface area contributed by atoms with Crippen LogP contribution in [0.3, 0.4) is 0 Å². The molecular formula is C46H29NOS. The fraction of sp³-hybridized carbons (Fsp3) is 0. The second-order valence-corrected chi connectivity index (χ2v) is 13.6. The molecule has 10 aromatic rings. The molecule has 0 aliphatic heterocycles. The molecule has 3 heteroatoms. The van der Waals surface area contributed by atoms with Gasteiger partial charge in [-0.15, -0.1) is 11.3 Å². The molecule has 0 unspecified atom stereocenters. The van der Waals surface area contributed by atoms with E-state index in [1.807, 2.05) is 11.3 Å². The van der Waals surface area contributed by atoms with Crippen LogP contribution in [-0.2, 0) is 0 Å². The molecular weight excluding hydrogens is 615 g/mol. The van der Waals surface area contributed by atoms with Crippen molar-refractivity contribution in [1.29, 1.82) is 0 Å². The predicted molar refractivity (Wildman–Crippen MR) is 210 cm³/mol. The van der Waals surface area contributed by atoms with Gasteiger partial charge in [-0.1, -0.05) is 127 Å². The van der Waals surface area contributed by atoms with Crippen LogP contribution >= 0.6 is 11.3 Å². The van der Waals surface area contributed by atoms with E-state index in [1.54, 1.807) is 0 Å². The topological polar surface area (TPSA) is 16.4 Å². The molecule has 2 nitrogen and oxygen atoms in total. The highest BCUT2D eigenvalue weighted by Gasteiger charge is 2.21. The number of nitrogens with zero attached hydrogens (tertiary/aromatic N) is 1. The van der Waals surface area contributed by atoms with E-state index in [0.29, 0.717) is 0 Å². The van der Waals surface area contributed by atoms with Gasteiger partial charge < -0.3 is 9.32 Å². The molecule has 0 atom stereocenters. The number of thiophene rings is 1. The van der Waals surface area contributed by atoms with Gasteiger partial charge in [0.25, 0.3) is 0 Å². The van der Waals surface area contributed by atoms with Crippen molar-refractivity contribution in [2.45, 2.75) is 0 Å². The molecule has 0 spiro atoms. The molecule has 49 heavy (non-hydrogen) atoms. The van der Waals surface area contributed by atoms with Gasteiger partial charge in [0.05, 0.1) is 11.1 Å². The Morgan fingerprint density at radius 2 is 1.14 bits per heavy atom. The highest BCUT2D eigenvalue weighted by molar-refractivity contribution is 7.25. The molecule has 0 fully saturated rings. The summed E-state index contributed by atoms with van der Waals surface area (Å²) in [6.45, 7) is 0. The SMILES string of the molecule is c1ccc(-c2cccc3c2oc2cccc(N(c4ccc(-c5ccc6ccccc6c5)cc4)c4ccc5c(c4)sc4ccccc45)c23)cc1. The van der Waals surface area contributed by atoms with Crippen molar-refractivity contribution in [3.05, 3.63) is 176 Å². The zero-order chi connectivity index (χ0) is 32.3. The van der Waals surface area contributed by atoms with Crippen LogP contribution in [0.15, 0.2) is 180 Å². The van der Waals surface area contributed by atoms with Gasteiger partial charge in [0.1, 0.15) is 11.2 Å². The summed E-state index contributed by atoms with van der Waals surface area (Å²) in [6.07, 6.45) is 0. The van der Waals surface area contributed by atoms with E-state index in [1.165, 1.54) is 42.1 Å². The molecule has 0 aliphatic rings. The zero-order valence-corrected chi connectivity index (χ0v) is 27.3. The smallest absolute Gasteiger partial charge is 0.143 e. The van der Waals surface area contributed by atoms with E-state index >= 15 is 0 Å². The highest BCUT2D eigenvalue weighted by atomic mass is 32.1. The largest absolute Gasteiger partial charge is 0.455 e. The Kier molecular flexibility index (Phi) is 6.39. The quantitative estimate of drug-likeness (QED) is 0.186. The van der Waals surface area contributed by atoms with Gasteiger partial charge in [-0.3, -0.25) is 0 Å². The van der Waals surface area contributed by atoms with Crippen molar-refractivity contribution in [3.8, 4) is 22.3 Å². The van der Waals surface area contributed by atoms with Crippen LogP contribution in [0.2, 0.25) is 0 Å². The first-order valence-corrected chi connectivity index (χ1v) is 17.4. The summed E-state index contributed by atoms with van der Waals surface area (Å²) in [5.41, 5.74) is 9.70. The van der Waals surface area contributed by atoms with Gasteiger partial charge in [-0.25, -0.2) is 0 Å². The molecule has 2 aromatic heterocycles. The van der Waals surface area contributed by atoms with Gasteiger partial charge in [-0.05, 0) is 76.0 Å². The van der Waals surface area contributed by atoms with Crippen LogP contribution < -0.4 is 4.90 Å². The number of furan rings is 1. The van der Waals surface area contributed by atoms with Gasteiger partial charge in [0, 0.05) is 42.5 Å². The van der Waals surface area contributed by atoms with Gasteiger partial charge >= 0.3 is 0 Å². The van der Waals surface area contributed by atoms with Crippen molar-refractivity contribution in [2.75, 3.05) is 4.90 Å². The normalized spacial score (nSPS) is 11.7. The number of hydrogen-bond donors (Lipinski definition) is 0. The van der Waals surface area contributed by atoms with Crippen molar-refractivity contribution in [3.63, 3.8) is 0 Å². The molecule has 0 aliphatic carbocycles. The lowest BCUT2D eigenvalue weighted by molar-refractivity contribution is 0.670. The van der Waals surface area contributed by atoms with E-state index in [2.05, 4.69) is 181 Å². The molecule has 0 saturated heterocycles. The third-order valence-electron chi connectivity index (χ3n) is 9.66. The third-order valence-corrected chi connectivity index (χ3v) is 10.8. The van der Waals surface area contributed by atoms with E-state index in [0.717, 1.165) is 50.1 Å². The Hall–Kier alpha value is -6.16. The van der Waals surface area contributed by atoms with Crippen molar-refractivity contribution < 1.29 is 4.42 Å². The second kappa shape index (κ2) is 11.2. The lowest BCUT2D eigenvalue weighted by Gasteiger charge is -2.26. The maximum Gasteiger partial charge on any atom is 0.143 e. The Morgan fingerprint density at radius 1 is 0.429 bits per heavy atom. The third kappa shape index (κ3) is 4.62. The summed E-state index contributed by atoms with van der Waals surface area (Å²) < 4.78 is 9.27. The summed E-state index contributed by atoms with van der Waals surface area (Å²) in [4.78, 5) is 2.39. The van der Waals surface area contributed by atoms with Gasteiger partial charge in [0.15, 0.2) is 0 Å². The molecule has 8 aromatic carbocycles. The number of rotatable bonds is 5. The average Bonchev–Trinajstić information content (AvgIpc) is 3.74. The summed E-state index contributed by atoms with van der Waals surface area (Å²) in [7, 11) is 0. The summed E-state index contributed by atoms with van der Waals surface area (Å²) in [6, 6.07) is 63.2. The Labute approximate surface area is 287 Å². The zero-order valence-electron chi connectivity index (χ0n) is 26.5. The number of para-hydroxylation sites is 1. The fourth-order valence-electron chi connectivity index (χ4n) is 7.31. The van der Waals surface area contributed by atoms with Crippen LogP contribution in [0, 0.1) is 0 Å². The standard InChI is InChI=1S/C46H29NOS/c1-2-11-32(12-3-1)37-15-8-16-40-45-41(17-9-18-42(45)48-46(37)40)47(36-26-27-39-38-14-6-7-19-43(38)49-44(39)29-36)35-24-22-31(23-25-35)34-21-20-30-10-4-5-13-33(30)28-34/h1-29H. The first-order chi connectivity index (χ1) is 24.3. The number of hydrogen-bond acceptors (Lipinski definition) is 3. The second-order valence-electron chi connectivity index (χ2n) is 12.5. The van der Waals surface area contributed by atoms with Crippen LogP contribution in [0.25, 0.3) is 75.1 Å². The Bertz CT molecular complexity index is 2830. The van der Waals surface area contributed by atoms with E-state index in [4.69, 9.17) is 4.42 Å². The maximum absolute atomic E-state index is 6.70. The number of fused-ring (bicyclic) bond motifs is 7. The fourth-order valence-corrected chi connectivity index (χ4v) is 8.45. The van der Waals surface area contributed by atoms with Crippen LogP contribution in [0.1, 0.15) is 0 Å². The molecule has 2 heterocycles. The first-order valence-electron chi connectivity index (χ1n) is 16.6. The van der Waals surface area contributed by atoms with E-state index in [-0.39, 0.29) is 0 Å². The monoisotopic (exact) mass is 643 g/mol. The molecule has 0 amide bonds.